The molecule has 2 rings (SSSR count). The second-order valence-corrected chi connectivity index (χ2v) is 4.30. The maximum absolute atomic E-state index is 9.30. The van der Waals surface area contributed by atoms with E-state index in [0.717, 1.165) is 15.6 Å². The second kappa shape index (κ2) is 4.83. The van der Waals surface area contributed by atoms with E-state index in [1.54, 1.807) is 12.1 Å². The fraction of sp³-hybridized carbons (Fsp3) is 0. The third kappa shape index (κ3) is 2.19. The molecule has 0 saturated carbocycles. The molecule has 0 fully saturated rings. The van der Waals surface area contributed by atoms with E-state index in [-0.39, 0.29) is 0 Å². The molecule has 0 unspecified atom stereocenters. The molecule has 0 aliphatic rings. The Bertz CT molecular complexity index is 500. The minimum Gasteiger partial charge on any atom is -0.423 e. The molecule has 2 N–H and O–H groups in total. The van der Waals surface area contributed by atoms with Crippen LogP contribution in [0.25, 0.3) is 11.1 Å². The van der Waals surface area contributed by atoms with Crippen LogP contribution in [0.3, 0.4) is 0 Å². The van der Waals surface area contributed by atoms with E-state index in [1.165, 1.54) is 0 Å². The zero-order chi connectivity index (χ0) is 11.5. The van der Waals surface area contributed by atoms with Gasteiger partial charge in [-0.05, 0) is 22.7 Å². The van der Waals surface area contributed by atoms with Crippen molar-refractivity contribution < 1.29 is 10.0 Å². The van der Waals surface area contributed by atoms with E-state index in [9.17, 15) is 10.0 Å². The lowest BCUT2D eigenvalue weighted by atomic mass is 9.75. The summed E-state index contributed by atoms with van der Waals surface area (Å²) < 4.78 is 0.933. The Morgan fingerprint density at radius 3 is 2.00 bits per heavy atom. The molecular weight excluding hydrogens is 267 g/mol. The van der Waals surface area contributed by atoms with Gasteiger partial charge in [-0.3, -0.25) is 0 Å². The summed E-state index contributed by atoms with van der Waals surface area (Å²) in [6.45, 7) is 0. The fourth-order valence-electron chi connectivity index (χ4n) is 1.65. The van der Waals surface area contributed by atoms with Crippen LogP contribution in [-0.2, 0) is 0 Å². The quantitative estimate of drug-likeness (QED) is 0.822. The number of benzene rings is 2. The molecule has 80 valence electrons. The Morgan fingerprint density at radius 2 is 1.38 bits per heavy atom. The highest BCUT2D eigenvalue weighted by atomic mass is 79.9. The SMILES string of the molecule is OB(O)c1ccccc1-c1ccccc1Br. The number of halogens is 1. The van der Waals surface area contributed by atoms with Crippen molar-refractivity contribution in [2.24, 2.45) is 0 Å². The summed E-state index contributed by atoms with van der Waals surface area (Å²) in [5.41, 5.74) is 2.28. The first-order valence-corrected chi connectivity index (χ1v) is 5.69. The summed E-state index contributed by atoms with van der Waals surface area (Å²) in [6, 6.07) is 14.9. The first-order chi connectivity index (χ1) is 7.70. The zero-order valence-corrected chi connectivity index (χ0v) is 10.1. The summed E-state index contributed by atoms with van der Waals surface area (Å²) >= 11 is 3.45. The van der Waals surface area contributed by atoms with Crippen LogP contribution >= 0.6 is 15.9 Å². The molecule has 0 radical (unpaired) electrons. The van der Waals surface area contributed by atoms with Gasteiger partial charge in [-0.25, -0.2) is 0 Å². The van der Waals surface area contributed by atoms with Gasteiger partial charge in [-0.15, -0.1) is 0 Å². The molecule has 0 atom stereocenters. The molecule has 0 aromatic heterocycles. The normalized spacial score (nSPS) is 10.2. The van der Waals surface area contributed by atoms with E-state index in [1.807, 2.05) is 36.4 Å². The fourth-order valence-corrected chi connectivity index (χ4v) is 2.15. The predicted octanol–water partition coefficient (Wildman–Crippen LogP) is 1.80. The molecule has 2 aromatic carbocycles. The summed E-state index contributed by atoms with van der Waals surface area (Å²) in [4.78, 5) is 0. The third-order valence-corrected chi connectivity index (χ3v) is 3.09. The summed E-state index contributed by atoms with van der Waals surface area (Å²) in [7, 11) is -1.46. The summed E-state index contributed by atoms with van der Waals surface area (Å²) in [5, 5.41) is 18.6. The van der Waals surface area contributed by atoms with Gasteiger partial charge < -0.3 is 10.0 Å². The lowest BCUT2D eigenvalue weighted by Gasteiger charge is -2.10. The van der Waals surface area contributed by atoms with Gasteiger partial charge in [0.1, 0.15) is 0 Å². The van der Waals surface area contributed by atoms with E-state index in [2.05, 4.69) is 15.9 Å². The van der Waals surface area contributed by atoms with Crippen molar-refractivity contribution in [2.45, 2.75) is 0 Å². The Morgan fingerprint density at radius 1 is 0.812 bits per heavy atom. The van der Waals surface area contributed by atoms with Gasteiger partial charge in [0, 0.05) is 4.47 Å². The molecule has 2 aromatic rings. The molecule has 0 heterocycles. The topological polar surface area (TPSA) is 40.5 Å². The average molecular weight is 277 g/mol. The van der Waals surface area contributed by atoms with E-state index < -0.39 is 7.12 Å². The van der Waals surface area contributed by atoms with E-state index in [0.29, 0.717) is 5.46 Å². The molecule has 2 nitrogen and oxygen atoms in total. The van der Waals surface area contributed by atoms with E-state index >= 15 is 0 Å². The first-order valence-electron chi connectivity index (χ1n) is 4.90. The van der Waals surface area contributed by atoms with Crippen LogP contribution in [0.15, 0.2) is 53.0 Å². The van der Waals surface area contributed by atoms with Crippen molar-refractivity contribution in [1.82, 2.24) is 0 Å². The van der Waals surface area contributed by atoms with Crippen LogP contribution in [0.2, 0.25) is 0 Å². The molecule has 0 aliphatic carbocycles. The number of hydrogen-bond donors (Lipinski definition) is 2. The molecule has 0 saturated heterocycles. The molecular formula is C12H10BBrO2. The van der Waals surface area contributed by atoms with Crippen molar-refractivity contribution in [3.8, 4) is 11.1 Å². The Hall–Kier alpha value is -1.10. The van der Waals surface area contributed by atoms with E-state index in [4.69, 9.17) is 0 Å². The molecule has 0 amide bonds. The lowest BCUT2D eigenvalue weighted by Crippen LogP contribution is -2.31. The van der Waals surface area contributed by atoms with Gasteiger partial charge in [0.15, 0.2) is 0 Å². The van der Waals surface area contributed by atoms with Crippen LogP contribution in [0.1, 0.15) is 0 Å². The molecule has 4 heteroatoms. The maximum atomic E-state index is 9.30. The van der Waals surface area contributed by atoms with Crippen LogP contribution in [0.5, 0.6) is 0 Å². The molecule has 16 heavy (non-hydrogen) atoms. The first kappa shape index (κ1) is 11.4. The van der Waals surface area contributed by atoms with Gasteiger partial charge in [0.05, 0.1) is 0 Å². The zero-order valence-electron chi connectivity index (χ0n) is 8.47. The van der Waals surface area contributed by atoms with Crippen molar-refractivity contribution in [1.29, 1.82) is 0 Å². The van der Waals surface area contributed by atoms with Gasteiger partial charge >= 0.3 is 7.12 Å². The maximum Gasteiger partial charge on any atom is 0.489 e. The highest BCUT2D eigenvalue weighted by Crippen LogP contribution is 2.26. The third-order valence-electron chi connectivity index (χ3n) is 2.40. The Balaban J connectivity index is 2.60. The Kier molecular flexibility index (Phi) is 3.44. The summed E-state index contributed by atoms with van der Waals surface area (Å²) in [5.74, 6) is 0. The predicted molar refractivity (Wildman–Crippen MR) is 69.4 cm³/mol. The minimum atomic E-state index is -1.46. The second-order valence-electron chi connectivity index (χ2n) is 3.44. The molecule has 0 aliphatic heterocycles. The molecule has 0 spiro atoms. The highest BCUT2D eigenvalue weighted by molar-refractivity contribution is 9.10. The highest BCUT2D eigenvalue weighted by Gasteiger charge is 2.17. The van der Waals surface area contributed by atoms with Crippen molar-refractivity contribution >= 4 is 28.5 Å². The van der Waals surface area contributed by atoms with Crippen LogP contribution in [0.4, 0.5) is 0 Å². The smallest absolute Gasteiger partial charge is 0.423 e. The van der Waals surface area contributed by atoms with Crippen molar-refractivity contribution in [3.05, 3.63) is 53.0 Å². The minimum absolute atomic E-state index is 0.509. The van der Waals surface area contributed by atoms with Gasteiger partial charge in [0.2, 0.25) is 0 Å². The van der Waals surface area contributed by atoms with Crippen LogP contribution < -0.4 is 5.46 Å². The summed E-state index contributed by atoms with van der Waals surface area (Å²) in [6.07, 6.45) is 0. The Labute approximate surface area is 103 Å². The van der Waals surface area contributed by atoms with Gasteiger partial charge in [-0.1, -0.05) is 58.4 Å². The van der Waals surface area contributed by atoms with Crippen molar-refractivity contribution in [2.75, 3.05) is 0 Å². The largest absolute Gasteiger partial charge is 0.489 e. The van der Waals surface area contributed by atoms with Crippen LogP contribution in [-0.4, -0.2) is 17.2 Å². The average Bonchev–Trinajstić information content (AvgIpc) is 2.29. The van der Waals surface area contributed by atoms with Crippen LogP contribution in [0, 0.1) is 0 Å². The van der Waals surface area contributed by atoms with Gasteiger partial charge in [-0.2, -0.15) is 0 Å². The standard InChI is InChI=1S/C12H10BBrO2/c14-12-8-4-2-6-10(12)9-5-1-3-7-11(9)13(15)16/h1-8,15-16H. The number of rotatable bonds is 2. The monoisotopic (exact) mass is 276 g/mol. The number of hydrogen-bond acceptors (Lipinski definition) is 2. The molecule has 0 bridgehead atoms. The lowest BCUT2D eigenvalue weighted by molar-refractivity contribution is 0.426. The van der Waals surface area contributed by atoms with Crippen molar-refractivity contribution in [3.63, 3.8) is 0 Å². The van der Waals surface area contributed by atoms with Gasteiger partial charge in [0.25, 0.3) is 0 Å².